The number of benzene rings is 1. The third-order valence-electron chi connectivity index (χ3n) is 3.95. The van der Waals surface area contributed by atoms with Gasteiger partial charge in [0.25, 0.3) is 0 Å². The maximum absolute atomic E-state index is 12.9. The predicted molar refractivity (Wildman–Crippen MR) is 77.2 cm³/mol. The van der Waals surface area contributed by atoms with Gasteiger partial charge >= 0.3 is 6.18 Å². The van der Waals surface area contributed by atoms with E-state index >= 15 is 0 Å². The smallest absolute Gasteiger partial charge is 0.304 e. The van der Waals surface area contributed by atoms with E-state index in [2.05, 4.69) is 10.4 Å². The first-order chi connectivity index (χ1) is 10.9. The predicted octanol–water partition coefficient (Wildman–Crippen LogP) is 3.75. The van der Waals surface area contributed by atoms with Crippen molar-refractivity contribution in [2.24, 2.45) is 0 Å². The van der Waals surface area contributed by atoms with Crippen molar-refractivity contribution in [1.82, 2.24) is 15.1 Å². The van der Waals surface area contributed by atoms with E-state index < -0.39 is 12.7 Å². The van der Waals surface area contributed by atoms with E-state index in [-0.39, 0.29) is 11.9 Å². The number of aromatic nitrogens is 2. The number of fused-ring (bicyclic) bond motifs is 1. The van der Waals surface area contributed by atoms with Gasteiger partial charge in [0.1, 0.15) is 12.4 Å². The molecule has 7 heteroatoms. The summed E-state index contributed by atoms with van der Waals surface area (Å²) in [5.74, 6) is -0.292. The van der Waals surface area contributed by atoms with E-state index in [1.807, 2.05) is 0 Å². The summed E-state index contributed by atoms with van der Waals surface area (Å²) in [6, 6.07) is 6.09. The fraction of sp³-hybridized carbons (Fsp3) is 0.438. The molecule has 3 nitrogen and oxygen atoms in total. The van der Waals surface area contributed by atoms with Crippen LogP contribution in [0.5, 0.6) is 0 Å². The third kappa shape index (κ3) is 4.10. The van der Waals surface area contributed by atoms with Gasteiger partial charge in [0.2, 0.25) is 0 Å². The lowest BCUT2D eigenvalue weighted by molar-refractivity contribution is -0.142. The van der Waals surface area contributed by atoms with Crippen LogP contribution in [0.4, 0.5) is 17.6 Å². The Morgan fingerprint density at radius 3 is 2.65 bits per heavy atom. The summed E-state index contributed by atoms with van der Waals surface area (Å²) in [6.45, 7) is -0.540. The second-order valence-electron chi connectivity index (χ2n) is 5.80. The normalized spacial score (nSPS) is 18.0. The highest BCUT2D eigenvalue weighted by molar-refractivity contribution is 5.24. The van der Waals surface area contributed by atoms with Gasteiger partial charge in [-0.15, -0.1) is 0 Å². The first kappa shape index (κ1) is 16.0. The minimum atomic E-state index is -4.27. The Labute approximate surface area is 131 Å². The van der Waals surface area contributed by atoms with Crippen molar-refractivity contribution in [1.29, 1.82) is 0 Å². The highest BCUT2D eigenvalue weighted by Gasteiger charge is 2.30. The number of hydrogen-bond acceptors (Lipinski definition) is 2. The molecule has 0 bridgehead atoms. The number of nitrogens with zero attached hydrogens (tertiary/aromatic N) is 2. The fourth-order valence-electron chi connectivity index (χ4n) is 2.90. The van der Waals surface area contributed by atoms with Crippen molar-refractivity contribution in [2.45, 2.75) is 44.6 Å². The van der Waals surface area contributed by atoms with Gasteiger partial charge in [0.15, 0.2) is 0 Å². The number of nitrogens with one attached hydrogen (secondary N) is 1. The van der Waals surface area contributed by atoms with E-state index in [0.717, 1.165) is 35.1 Å². The largest absolute Gasteiger partial charge is 0.408 e. The number of alkyl halides is 3. The third-order valence-corrected chi connectivity index (χ3v) is 3.95. The molecule has 0 aliphatic heterocycles. The van der Waals surface area contributed by atoms with Crippen LogP contribution >= 0.6 is 0 Å². The van der Waals surface area contributed by atoms with Crippen LogP contribution in [-0.4, -0.2) is 16.0 Å². The van der Waals surface area contributed by atoms with Crippen LogP contribution in [0.25, 0.3) is 0 Å². The Hall–Kier alpha value is -1.89. The second kappa shape index (κ2) is 6.31. The van der Waals surface area contributed by atoms with Gasteiger partial charge in [-0.3, -0.25) is 4.68 Å². The Balaban J connectivity index is 1.69. The molecule has 0 saturated carbocycles. The minimum absolute atomic E-state index is 0.0710. The van der Waals surface area contributed by atoms with E-state index in [0.29, 0.717) is 12.2 Å². The molecule has 23 heavy (non-hydrogen) atoms. The maximum Gasteiger partial charge on any atom is 0.408 e. The van der Waals surface area contributed by atoms with Gasteiger partial charge in [-0.2, -0.15) is 18.3 Å². The van der Waals surface area contributed by atoms with Crippen LogP contribution in [-0.2, 0) is 19.5 Å². The molecule has 0 fully saturated rings. The molecule has 0 radical (unpaired) electrons. The topological polar surface area (TPSA) is 29.9 Å². The summed E-state index contributed by atoms with van der Waals surface area (Å²) in [5, 5.41) is 7.43. The molecule has 1 heterocycles. The van der Waals surface area contributed by atoms with Crippen LogP contribution < -0.4 is 5.32 Å². The summed E-state index contributed by atoms with van der Waals surface area (Å²) >= 11 is 0. The molecule has 0 unspecified atom stereocenters. The molecule has 1 aromatic heterocycles. The van der Waals surface area contributed by atoms with Crippen molar-refractivity contribution in [3.8, 4) is 0 Å². The van der Waals surface area contributed by atoms with Crippen LogP contribution in [0.15, 0.2) is 30.5 Å². The molecule has 0 spiro atoms. The highest BCUT2D eigenvalue weighted by atomic mass is 19.4. The molecule has 3 rings (SSSR count). The maximum atomic E-state index is 12.9. The van der Waals surface area contributed by atoms with E-state index in [9.17, 15) is 17.6 Å². The van der Waals surface area contributed by atoms with Crippen LogP contribution in [0.2, 0.25) is 0 Å². The molecular formula is C16H17F4N3. The fourth-order valence-corrected chi connectivity index (χ4v) is 2.90. The molecule has 0 amide bonds. The summed E-state index contributed by atoms with van der Waals surface area (Å²) in [6.07, 6.45) is -0.287. The minimum Gasteiger partial charge on any atom is -0.304 e. The summed E-state index contributed by atoms with van der Waals surface area (Å²) in [4.78, 5) is 0. The van der Waals surface area contributed by atoms with Gasteiger partial charge < -0.3 is 5.32 Å². The van der Waals surface area contributed by atoms with Gasteiger partial charge in [-0.1, -0.05) is 12.1 Å². The van der Waals surface area contributed by atoms with Crippen molar-refractivity contribution in [2.75, 3.05) is 0 Å². The monoisotopic (exact) mass is 327 g/mol. The lowest BCUT2D eigenvalue weighted by Crippen LogP contribution is -2.25. The van der Waals surface area contributed by atoms with Crippen LogP contribution in [0, 0.1) is 5.82 Å². The zero-order valence-corrected chi connectivity index (χ0v) is 12.4. The second-order valence-corrected chi connectivity index (χ2v) is 5.80. The summed E-state index contributed by atoms with van der Waals surface area (Å²) in [5.41, 5.74) is 2.49. The zero-order chi connectivity index (χ0) is 16.4. The van der Waals surface area contributed by atoms with E-state index in [1.165, 1.54) is 18.3 Å². The SMILES string of the molecule is Fc1ccc(CN[C@H]2CCCc3cn(CC(F)(F)F)nc32)cc1. The van der Waals surface area contributed by atoms with Gasteiger partial charge in [-0.05, 0) is 42.5 Å². The average Bonchev–Trinajstić information content (AvgIpc) is 2.87. The molecule has 124 valence electrons. The molecule has 0 saturated heterocycles. The number of hydrogen-bond donors (Lipinski definition) is 1. The average molecular weight is 327 g/mol. The Bertz CT molecular complexity index is 661. The van der Waals surface area contributed by atoms with Crippen LogP contribution in [0.3, 0.4) is 0 Å². The first-order valence-corrected chi connectivity index (χ1v) is 7.51. The molecule has 1 aliphatic rings. The van der Waals surface area contributed by atoms with Gasteiger partial charge in [-0.25, -0.2) is 4.39 Å². The Kier molecular flexibility index (Phi) is 4.39. The zero-order valence-electron chi connectivity index (χ0n) is 12.4. The number of aryl methyl sites for hydroxylation is 1. The quantitative estimate of drug-likeness (QED) is 0.867. The Morgan fingerprint density at radius 2 is 1.96 bits per heavy atom. The molecule has 1 N–H and O–H groups in total. The van der Waals surface area contributed by atoms with Crippen molar-refractivity contribution >= 4 is 0 Å². The van der Waals surface area contributed by atoms with Crippen molar-refractivity contribution in [3.63, 3.8) is 0 Å². The molecule has 1 aromatic carbocycles. The lowest BCUT2D eigenvalue weighted by atomic mass is 9.93. The Morgan fingerprint density at radius 1 is 1.22 bits per heavy atom. The van der Waals surface area contributed by atoms with E-state index in [4.69, 9.17) is 0 Å². The van der Waals surface area contributed by atoms with Gasteiger partial charge in [0.05, 0.1) is 11.7 Å². The molecular weight excluding hydrogens is 310 g/mol. The standard InChI is InChI=1S/C16H17F4N3/c17-13-6-4-11(5-7-13)8-21-14-3-1-2-12-9-23(22-15(12)14)10-16(18,19)20/h4-7,9,14,21H,1-3,8,10H2/t14-/m0/s1. The first-order valence-electron chi connectivity index (χ1n) is 7.51. The summed E-state index contributed by atoms with van der Waals surface area (Å²) < 4.78 is 51.4. The molecule has 1 aliphatic carbocycles. The van der Waals surface area contributed by atoms with E-state index in [1.54, 1.807) is 12.1 Å². The number of rotatable bonds is 4. The highest BCUT2D eigenvalue weighted by Crippen LogP contribution is 2.29. The summed E-state index contributed by atoms with van der Waals surface area (Å²) in [7, 11) is 0. The van der Waals surface area contributed by atoms with Gasteiger partial charge in [0, 0.05) is 12.7 Å². The molecule has 2 aromatic rings. The van der Waals surface area contributed by atoms with Crippen LogP contribution in [0.1, 0.15) is 35.7 Å². The van der Waals surface area contributed by atoms with Crippen molar-refractivity contribution < 1.29 is 17.6 Å². The number of halogens is 4. The molecule has 1 atom stereocenters. The van der Waals surface area contributed by atoms with Crippen molar-refractivity contribution in [3.05, 3.63) is 53.1 Å². The lowest BCUT2D eigenvalue weighted by Gasteiger charge is -2.22.